The van der Waals surface area contributed by atoms with Crippen LogP contribution in [0, 0.1) is 0 Å². The Balaban J connectivity index is 2.01. The van der Waals surface area contributed by atoms with E-state index in [0.29, 0.717) is 49.5 Å². The first kappa shape index (κ1) is 22.4. The van der Waals surface area contributed by atoms with Gasteiger partial charge in [-0.05, 0) is 35.7 Å². The van der Waals surface area contributed by atoms with E-state index in [1.807, 2.05) is 31.2 Å². The molecule has 7 heteroatoms. The van der Waals surface area contributed by atoms with Crippen molar-refractivity contribution in [3.8, 4) is 17.2 Å². The van der Waals surface area contributed by atoms with Crippen LogP contribution in [0.1, 0.15) is 23.6 Å². The fraction of sp³-hybridized carbons (Fsp3) is 0.409. The van der Waals surface area contributed by atoms with Crippen LogP contribution < -0.4 is 24.8 Å². The minimum atomic E-state index is 0.553. The molecule has 0 atom stereocenters. The third kappa shape index (κ3) is 6.29. The van der Waals surface area contributed by atoms with Gasteiger partial charge in [-0.2, -0.15) is 0 Å². The lowest BCUT2D eigenvalue weighted by Gasteiger charge is -2.16. The van der Waals surface area contributed by atoms with E-state index in [1.54, 1.807) is 28.4 Å². The summed E-state index contributed by atoms with van der Waals surface area (Å²) in [6.07, 6.45) is 0. The molecule has 0 heterocycles. The van der Waals surface area contributed by atoms with Crippen LogP contribution in [-0.2, 0) is 24.4 Å². The van der Waals surface area contributed by atoms with Gasteiger partial charge in [-0.1, -0.05) is 24.3 Å². The number of benzene rings is 2. The smallest absolute Gasteiger partial charge is 0.203 e. The zero-order chi connectivity index (χ0) is 21.1. The average molecular weight is 402 g/mol. The predicted molar refractivity (Wildman–Crippen MR) is 115 cm³/mol. The Bertz CT molecular complexity index is 783. The Morgan fingerprint density at radius 3 is 2.07 bits per heavy atom. The molecule has 0 bridgehead atoms. The predicted octanol–water partition coefficient (Wildman–Crippen LogP) is 3.11. The molecule has 0 saturated heterocycles. The second-order valence-electron chi connectivity index (χ2n) is 6.22. The largest absolute Gasteiger partial charge is 0.493 e. The van der Waals surface area contributed by atoms with E-state index in [-0.39, 0.29) is 0 Å². The van der Waals surface area contributed by atoms with Gasteiger partial charge in [-0.3, -0.25) is 4.99 Å². The summed E-state index contributed by atoms with van der Waals surface area (Å²) in [7, 11) is 6.55. The van der Waals surface area contributed by atoms with Gasteiger partial charge < -0.3 is 29.6 Å². The molecule has 0 amide bonds. The van der Waals surface area contributed by atoms with Crippen molar-refractivity contribution in [1.82, 2.24) is 10.6 Å². The fourth-order valence-electron chi connectivity index (χ4n) is 2.91. The molecular weight excluding hydrogens is 370 g/mol. The zero-order valence-corrected chi connectivity index (χ0v) is 17.9. The lowest BCUT2D eigenvalue weighted by atomic mass is 10.1. The summed E-state index contributed by atoms with van der Waals surface area (Å²) < 4.78 is 21.7. The maximum Gasteiger partial charge on any atom is 0.203 e. The number of hydrogen-bond donors (Lipinski definition) is 2. The van der Waals surface area contributed by atoms with Crippen molar-refractivity contribution >= 4 is 5.96 Å². The first-order chi connectivity index (χ1) is 14.2. The van der Waals surface area contributed by atoms with Gasteiger partial charge in [0, 0.05) is 26.7 Å². The van der Waals surface area contributed by atoms with Crippen LogP contribution in [0.2, 0.25) is 0 Å². The van der Waals surface area contributed by atoms with E-state index in [1.165, 1.54) is 11.1 Å². The van der Waals surface area contributed by atoms with E-state index < -0.39 is 0 Å². The van der Waals surface area contributed by atoms with Gasteiger partial charge in [0.15, 0.2) is 17.5 Å². The van der Waals surface area contributed by atoms with Crippen LogP contribution in [0.4, 0.5) is 0 Å². The van der Waals surface area contributed by atoms with E-state index in [2.05, 4.69) is 27.8 Å². The molecule has 0 fully saturated rings. The van der Waals surface area contributed by atoms with Gasteiger partial charge in [0.05, 0.1) is 27.9 Å². The molecule has 0 radical (unpaired) electrons. The highest BCUT2D eigenvalue weighted by Gasteiger charge is 2.13. The lowest BCUT2D eigenvalue weighted by molar-refractivity contribution is 0.133. The van der Waals surface area contributed by atoms with Crippen LogP contribution >= 0.6 is 0 Å². The number of rotatable bonds is 10. The molecule has 2 rings (SSSR count). The van der Waals surface area contributed by atoms with E-state index in [9.17, 15) is 0 Å². The topological polar surface area (TPSA) is 73.3 Å². The lowest BCUT2D eigenvalue weighted by Crippen LogP contribution is -2.36. The summed E-state index contributed by atoms with van der Waals surface area (Å²) >= 11 is 0. The molecule has 158 valence electrons. The normalized spacial score (nSPS) is 11.1. The molecule has 0 aliphatic carbocycles. The molecule has 0 spiro atoms. The van der Waals surface area contributed by atoms with Crippen molar-refractivity contribution in [2.24, 2.45) is 4.99 Å². The van der Waals surface area contributed by atoms with Gasteiger partial charge >= 0.3 is 0 Å². The minimum absolute atomic E-state index is 0.553. The van der Waals surface area contributed by atoms with Gasteiger partial charge in [-0.15, -0.1) is 0 Å². The summed E-state index contributed by atoms with van der Waals surface area (Å²) in [5.41, 5.74) is 3.33. The van der Waals surface area contributed by atoms with Crippen molar-refractivity contribution in [3.63, 3.8) is 0 Å². The van der Waals surface area contributed by atoms with Gasteiger partial charge in [-0.25, -0.2) is 0 Å². The van der Waals surface area contributed by atoms with Crippen LogP contribution in [0.25, 0.3) is 0 Å². The maximum absolute atomic E-state index is 5.55. The Kier molecular flexibility index (Phi) is 9.11. The van der Waals surface area contributed by atoms with Gasteiger partial charge in [0.2, 0.25) is 5.75 Å². The monoisotopic (exact) mass is 401 g/mol. The quantitative estimate of drug-likeness (QED) is 0.471. The summed E-state index contributed by atoms with van der Waals surface area (Å²) in [5.74, 6) is 2.52. The fourth-order valence-corrected chi connectivity index (χ4v) is 2.91. The Hall–Kier alpha value is -2.93. The number of nitrogens with one attached hydrogen (secondary N) is 2. The molecule has 0 unspecified atom stereocenters. The molecule has 0 aliphatic heterocycles. The number of methoxy groups -OCH3 is 3. The molecular formula is C22H31N3O4. The summed E-state index contributed by atoms with van der Waals surface area (Å²) in [6.45, 7) is 4.50. The van der Waals surface area contributed by atoms with E-state index in [0.717, 1.165) is 5.56 Å². The third-order valence-corrected chi connectivity index (χ3v) is 4.43. The SMILES string of the molecule is CCOCc1ccccc1CNC(=NC)NCc1cc(OC)c(OC)c(OC)c1. The molecule has 2 N–H and O–H groups in total. The zero-order valence-electron chi connectivity index (χ0n) is 17.9. The standard InChI is InChI=1S/C22H31N3O4/c1-6-29-15-18-10-8-7-9-17(18)14-25-22(23-2)24-13-16-11-19(26-3)21(28-5)20(12-16)27-4/h7-12H,6,13-15H2,1-5H3,(H2,23,24,25). The van der Waals surface area contributed by atoms with Crippen LogP contribution in [-0.4, -0.2) is 40.9 Å². The van der Waals surface area contributed by atoms with Crippen molar-refractivity contribution in [1.29, 1.82) is 0 Å². The highest BCUT2D eigenvalue weighted by molar-refractivity contribution is 5.79. The molecule has 2 aromatic rings. The van der Waals surface area contributed by atoms with E-state index >= 15 is 0 Å². The molecule has 2 aromatic carbocycles. The highest BCUT2D eigenvalue weighted by atomic mass is 16.5. The van der Waals surface area contributed by atoms with Crippen LogP contribution in [0.15, 0.2) is 41.4 Å². The third-order valence-electron chi connectivity index (χ3n) is 4.43. The number of hydrogen-bond acceptors (Lipinski definition) is 5. The van der Waals surface area contributed by atoms with Crippen molar-refractivity contribution in [2.75, 3.05) is 35.0 Å². The Morgan fingerprint density at radius 2 is 1.52 bits per heavy atom. The van der Waals surface area contributed by atoms with Crippen molar-refractivity contribution in [3.05, 3.63) is 53.1 Å². The molecule has 0 saturated carbocycles. The minimum Gasteiger partial charge on any atom is -0.493 e. The van der Waals surface area contributed by atoms with Gasteiger partial charge in [0.1, 0.15) is 0 Å². The number of guanidine groups is 1. The number of nitrogens with zero attached hydrogens (tertiary/aromatic N) is 1. The highest BCUT2D eigenvalue weighted by Crippen LogP contribution is 2.38. The molecule has 0 aliphatic rings. The first-order valence-corrected chi connectivity index (χ1v) is 9.54. The van der Waals surface area contributed by atoms with Crippen molar-refractivity contribution < 1.29 is 18.9 Å². The average Bonchev–Trinajstić information content (AvgIpc) is 2.77. The van der Waals surface area contributed by atoms with E-state index in [4.69, 9.17) is 18.9 Å². The second kappa shape index (κ2) is 11.8. The molecule has 0 aromatic heterocycles. The van der Waals surface area contributed by atoms with Crippen molar-refractivity contribution in [2.45, 2.75) is 26.6 Å². The first-order valence-electron chi connectivity index (χ1n) is 9.54. The van der Waals surface area contributed by atoms with Crippen LogP contribution in [0.3, 0.4) is 0 Å². The van der Waals surface area contributed by atoms with Gasteiger partial charge in [0.25, 0.3) is 0 Å². The Labute approximate surface area is 173 Å². The molecule has 29 heavy (non-hydrogen) atoms. The summed E-state index contributed by atoms with van der Waals surface area (Å²) in [6, 6.07) is 12.1. The summed E-state index contributed by atoms with van der Waals surface area (Å²) in [5, 5.41) is 6.66. The molecule has 7 nitrogen and oxygen atoms in total. The number of ether oxygens (including phenoxy) is 4. The summed E-state index contributed by atoms with van der Waals surface area (Å²) in [4.78, 5) is 4.30. The second-order valence-corrected chi connectivity index (χ2v) is 6.22. The maximum atomic E-state index is 5.55. The number of aliphatic imine (C=N–C) groups is 1. The van der Waals surface area contributed by atoms with Crippen LogP contribution in [0.5, 0.6) is 17.2 Å². The Morgan fingerprint density at radius 1 is 0.897 bits per heavy atom.